The summed E-state index contributed by atoms with van der Waals surface area (Å²) in [5.41, 5.74) is 1.52. The van der Waals surface area contributed by atoms with Crippen molar-refractivity contribution in [2.24, 2.45) is 5.92 Å². The molecule has 0 aliphatic carbocycles. The molecule has 160 valence electrons. The highest BCUT2D eigenvalue weighted by molar-refractivity contribution is 7.90. The molecule has 0 spiro atoms. The Morgan fingerprint density at radius 2 is 1.73 bits per heavy atom. The lowest BCUT2D eigenvalue weighted by Crippen LogP contribution is -2.34. The Bertz CT molecular complexity index is 1010. The molecular formula is C22H25ClN2O4S. The molecule has 2 saturated heterocycles. The Hall–Kier alpha value is -2.09. The molecule has 0 bridgehead atoms. The number of rotatable bonds is 4. The highest BCUT2D eigenvalue weighted by Crippen LogP contribution is 2.35. The molecule has 0 N–H and O–H groups in total. The minimum Gasteiger partial charge on any atom is -0.497 e. The number of halogens is 1. The van der Waals surface area contributed by atoms with E-state index in [1.165, 1.54) is 0 Å². The summed E-state index contributed by atoms with van der Waals surface area (Å²) in [6.45, 7) is 1.88. The number of nitrogens with zero attached hydrogens (tertiary/aromatic N) is 2. The predicted molar refractivity (Wildman–Crippen MR) is 116 cm³/mol. The number of amides is 1. The molecule has 2 atom stereocenters. The zero-order valence-electron chi connectivity index (χ0n) is 16.8. The summed E-state index contributed by atoms with van der Waals surface area (Å²) in [6.07, 6.45) is 1.15. The lowest BCUT2D eigenvalue weighted by atomic mass is 10.0. The summed E-state index contributed by atoms with van der Waals surface area (Å²) < 4.78 is 33.1. The average Bonchev–Trinajstić information content (AvgIpc) is 2.88. The third kappa shape index (κ3) is 4.19. The topological polar surface area (TPSA) is 66.9 Å². The van der Waals surface area contributed by atoms with E-state index in [-0.39, 0.29) is 11.8 Å². The van der Waals surface area contributed by atoms with E-state index in [1.54, 1.807) is 40.6 Å². The molecule has 0 aromatic heterocycles. The fourth-order valence-electron chi connectivity index (χ4n) is 4.36. The van der Waals surface area contributed by atoms with Crippen molar-refractivity contribution < 1.29 is 17.9 Å². The quantitative estimate of drug-likeness (QED) is 0.718. The van der Waals surface area contributed by atoms with Crippen LogP contribution in [0.3, 0.4) is 0 Å². The van der Waals surface area contributed by atoms with Crippen molar-refractivity contribution in [1.29, 1.82) is 0 Å². The van der Waals surface area contributed by atoms with E-state index in [9.17, 15) is 13.2 Å². The van der Waals surface area contributed by atoms with Gasteiger partial charge < -0.3 is 9.64 Å². The van der Waals surface area contributed by atoms with Gasteiger partial charge in [-0.3, -0.25) is 4.79 Å². The first-order valence-electron chi connectivity index (χ1n) is 10.0. The second kappa shape index (κ2) is 8.57. The Morgan fingerprint density at radius 1 is 1.07 bits per heavy atom. The van der Waals surface area contributed by atoms with Crippen LogP contribution >= 0.6 is 11.6 Å². The monoisotopic (exact) mass is 448 g/mol. The fraction of sp³-hybridized carbons (Fsp3) is 0.409. The van der Waals surface area contributed by atoms with Crippen molar-refractivity contribution in [3.8, 4) is 5.75 Å². The van der Waals surface area contributed by atoms with Gasteiger partial charge in [-0.25, -0.2) is 8.42 Å². The molecule has 0 radical (unpaired) electrons. The zero-order valence-corrected chi connectivity index (χ0v) is 18.4. The van der Waals surface area contributed by atoms with Gasteiger partial charge in [0.1, 0.15) is 5.75 Å². The van der Waals surface area contributed by atoms with Gasteiger partial charge >= 0.3 is 0 Å². The van der Waals surface area contributed by atoms with Gasteiger partial charge in [-0.1, -0.05) is 23.7 Å². The van der Waals surface area contributed by atoms with E-state index in [1.807, 2.05) is 24.3 Å². The summed E-state index contributed by atoms with van der Waals surface area (Å²) in [5.74, 6) is 0.717. The minimum absolute atomic E-state index is 0.0382. The first-order chi connectivity index (χ1) is 14.4. The van der Waals surface area contributed by atoms with Gasteiger partial charge in [0.05, 0.1) is 12.4 Å². The van der Waals surface area contributed by atoms with Crippen LogP contribution in [0.4, 0.5) is 0 Å². The van der Waals surface area contributed by atoms with E-state index in [0.717, 1.165) is 11.3 Å². The molecule has 8 heteroatoms. The Balaban J connectivity index is 1.44. The van der Waals surface area contributed by atoms with Crippen LogP contribution in [0.2, 0.25) is 5.02 Å². The van der Waals surface area contributed by atoms with Gasteiger partial charge in [0, 0.05) is 36.8 Å². The lowest BCUT2D eigenvalue weighted by molar-refractivity contribution is 0.0759. The Morgan fingerprint density at radius 3 is 2.40 bits per heavy atom. The second-order valence-electron chi connectivity index (χ2n) is 7.86. The first kappa shape index (κ1) is 21.2. The highest BCUT2D eigenvalue weighted by atomic mass is 35.5. The van der Waals surface area contributed by atoms with Crippen LogP contribution in [0, 0.1) is 5.92 Å². The van der Waals surface area contributed by atoms with E-state index < -0.39 is 15.3 Å². The first-order valence-corrected chi connectivity index (χ1v) is 11.9. The molecule has 2 aromatic rings. The second-order valence-corrected chi connectivity index (χ2v) is 10.4. The molecule has 2 heterocycles. The van der Waals surface area contributed by atoms with Gasteiger partial charge in [0.25, 0.3) is 5.91 Å². The molecule has 0 saturated carbocycles. The van der Waals surface area contributed by atoms with E-state index >= 15 is 0 Å². The van der Waals surface area contributed by atoms with Crippen LogP contribution in [-0.2, 0) is 16.6 Å². The number of methoxy groups -OCH3 is 1. The summed E-state index contributed by atoms with van der Waals surface area (Å²) in [6, 6.07) is 14.3. The average molecular weight is 449 g/mol. The largest absolute Gasteiger partial charge is 0.497 e. The van der Waals surface area contributed by atoms with Crippen molar-refractivity contribution >= 4 is 27.5 Å². The number of carbonyl (C=O) groups is 1. The molecule has 2 aliphatic rings. The van der Waals surface area contributed by atoms with Crippen molar-refractivity contribution in [3.05, 3.63) is 64.7 Å². The third-order valence-corrected chi connectivity index (χ3v) is 8.69. The van der Waals surface area contributed by atoms with Gasteiger partial charge in [0.15, 0.2) is 0 Å². The summed E-state index contributed by atoms with van der Waals surface area (Å²) >= 11 is 5.91. The van der Waals surface area contributed by atoms with Gasteiger partial charge in [-0.15, -0.1) is 0 Å². The highest BCUT2D eigenvalue weighted by Gasteiger charge is 2.47. The number of hydrogen-bond acceptors (Lipinski definition) is 4. The van der Waals surface area contributed by atoms with Crippen LogP contribution in [-0.4, -0.2) is 55.5 Å². The molecule has 6 nitrogen and oxygen atoms in total. The molecular weight excluding hydrogens is 424 g/mol. The van der Waals surface area contributed by atoms with Crippen LogP contribution < -0.4 is 4.74 Å². The number of sulfonamides is 1. The number of likely N-dealkylation sites (tertiary alicyclic amines) is 1. The number of hydrogen-bond donors (Lipinski definition) is 0. The standard InChI is InChI=1S/C22H25ClN2O4S/c1-29-20-8-2-16(3-9-20)14-25-15-18-10-12-24(13-11-21(18)30(25,27)28)22(26)17-4-6-19(23)7-5-17/h2-9,18,21H,10-15H2,1H3/t18-,21-/m1/s1. The number of carbonyl (C=O) groups excluding carboxylic acids is 1. The molecule has 2 aliphatic heterocycles. The molecule has 4 rings (SSSR count). The van der Waals surface area contributed by atoms with Crippen LogP contribution in [0.25, 0.3) is 0 Å². The van der Waals surface area contributed by atoms with Crippen LogP contribution in [0.1, 0.15) is 28.8 Å². The maximum atomic E-state index is 13.2. The third-order valence-electron chi connectivity index (χ3n) is 6.06. The van der Waals surface area contributed by atoms with Crippen molar-refractivity contribution in [3.63, 3.8) is 0 Å². The molecule has 2 aromatic carbocycles. The molecule has 2 fully saturated rings. The van der Waals surface area contributed by atoms with E-state index in [2.05, 4.69) is 0 Å². The van der Waals surface area contributed by atoms with Crippen LogP contribution in [0.5, 0.6) is 5.75 Å². The molecule has 0 unspecified atom stereocenters. The number of ether oxygens (including phenoxy) is 1. The normalized spacial score (nSPS) is 23.6. The van der Waals surface area contributed by atoms with Crippen molar-refractivity contribution in [2.75, 3.05) is 26.7 Å². The number of benzene rings is 2. The summed E-state index contributed by atoms with van der Waals surface area (Å²) in [7, 11) is -1.79. The Labute approximate surface area is 182 Å². The maximum Gasteiger partial charge on any atom is 0.253 e. The summed E-state index contributed by atoms with van der Waals surface area (Å²) in [5, 5.41) is 0.152. The van der Waals surface area contributed by atoms with Gasteiger partial charge in [-0.2, -0.15) is 4.31 Å². The van der Waals surface area contributed by atoms with E-state index in [4.69, 9.17) is 16.3 Å². The van der Waals surface area contributed by atoms with Gasteiger partial charge in [0.2, 0.25) is 10.0 Å². The Kier molecular flexibility index (Phi) is 6.04. The van der Waals surface area contributed by atoms with Gasteiger partial charge in [-0.05, 0) is 60.7 Å². The van der Waals surface area contributed by atoms with Crippen molar-refractivity contribution in [2.45, 2.75) is 24.6 Å². The maximum absolute atomic E-state index is 13.2. The zero-order chi connectivity index (χ0) is 21.3. The minimum atomic E-state index is -3.40. The van der Waals surface area contributed by atoms with Crippen molar-refractivity contribution in [1.82, 2.24) is 9.21 Å². The molecule has 1 amide bonds. The number of fused-ring (bicyclic) bond motifs is 1. The smallest absolute Gasteiger partial charge is 0.253 e. The van der Waals surface area contributed by atoms with E-state index in [0.29, 0.717) is 49.6 Å². The SMILES string of the molecule is COc1ccc(CN2C[C@H]3CCN(C(=O)c4ccc(Cl)cc4)CC[C@H]3S2(=O)=O)cc1. The lowest BCUT2D eigenvalue weighted by Gasteiger charge is -2.22. The summed E-state index contributed by atoms with van der Waals surface area (Å²) in [4.78, 5) is 14.6. The predicted octanol–water partition coefficient (Wildman–Crippen LogP) is 3.42. The van der Waals surface area contributed by atoms with Crippen LogP contribution in [0.15, 0.2) is 48.5 Å². The fourth-order valence-corrected chi connectivity index (χ4v) is 6.71. The molecule has 30 heavy (non-hydrogen) atoms.